The molecule has 0 unspecified atom stereocenters. The largest absolute Gasteiger partial charge is 0.372 e. The van der Waals surface area contributed by atoms with Crippen LogP contribution in [-0.2, 0) is 6.42 Å². The maximum atomic E-state index is 13.5. The molecule has 2 nitrogen and oxygen atoms in total. The molecule has 3 heteroatoms. The SMILES string of the molecule is CN(CCc1ccncc1)c1ccccc1F. The Morgan fingerprint density at radius 1 is 1.12 bits per heavy atom. The van der Waals surface area contributed by atoms with Crippen molar-refractivity contribution >= 4 is 5.69 Å². The van der Waals surface area contributed by atoms with Crippen molar-refractivity contribution in [1.29, 1.82) is 0 Å². The van der Waals surface area contributed by atoms with Gasteiger partial charge in [-0.1, -0.05) is 12.1 Å². The Kier molecular flexibility index (Phi) is 3.70. The third-order valence-corrected chi connectivity index (χ3v) is 2.75. The van der Waals surface area contributed by atoms with E-state index in [1.54, 1.807) is 24.5 Å². The fourth-order valence-electron chi connectivity index (χ4n) is 1.73. The number of aromatic nitrogens is 1. The van der Waals surface area contributed by atoms with Crippen LogP contribution in [0.25, 0.3) is 0 Å². The molecule has 0 N–H and O–H groups in total. The molecule has 1 aromatic carbocycles. The van der Waals surface area contributed by atoms with Crippen molar-refractivity contribution < 1.29 is 4.39 Å². The Labute approximate surface area is 101 Å². The number of benzene rings is 1. The minimum absolute atomic E-state index is 0.176. The van der Waals surface area contributed by atoms with Gasteiger partial charge in [0.05, 0.1) is 5.69 Å². The van der Waals surface area contributed by atoms with E-state index in [9.17, 15) is 4.39 Å². The molecule has 0 saturated heterocycles. The van der Waals surface area contributed by atoms with Gasteiger partial charge in [-0.15, -0.1) is 0 Å². The van der Waals surface area contributed by atoms with E-state index in [0.717, 1.165) is 13.0 Å². The monoisotopic (exact) mass is 230 g/mol. The first-order valence-corrected chi connectivity index (χ1v) is 5.62. The average molecular weight is 230 g/mol. The molecule has 0 saturated carbocycles. The Bertz CT molecular complexity index is 471. The van der Waals surface area contributed by atoms with Crippen LogP contribution in [0.15, 0.2) is 48.8 Å². The number of hydrogen-bond donors (Lipinski definition) is 0. The fourth-order valence-corrected chi connectivity index (χ4v) is 1.73. The van der Waals surface area contributed by atoms with E-state index in [-0.39, 0.29) is 5.82 Å². The van der Waals surface area contributed by atoms with E-state index in [1.807, 2.05) is 30.1 Å². The molecule has 0 fully saturated rings. The summed E-state index contributed by atoms with van der Waals surface area (Å²) in [5.74, 6) is -0.176. The van der Waals surface area contributed by atoms with E-state index in [2.05, 4.69) is 4.98 Å². The number of nitrogens with zero attached hydrogens (tertiary/aromatic N) is 2. The second-order valence-corrected chi connectivity index (χ2v) is 3.98. The van der Waals surface area contributed by atoms with Gasteiger partial charge < -0.3 is 4.90 Å². The van der Waals surface area contributed by atoms with Crippen molar-refractivity contribution in [3.05, 3.63) is 60.2 Å². The molecule has 2 rings (SSSR count). The second-order valence-electron chi connectivity index (χ2n) is 3.98. The summed E-state index contributed by atoms with van der Waals surface area (Å²) in [6.45, 7) is 0.783. The van der Waals surface area contributed by atoms with Crippen molar-refractivity contribution in [2.75, 3.05) is 18.5 Å². The van der Waals surface area contributed by atoms with Crippen LogP contribution in [0.4, 0.5) is 10.1 Å². The van der Waals surface area contributed by atoms with Gasteiger partial charge in [0.25, 0.3) is 0 Å². The molecule has 1 heterocycles. The highest BCUT2D eigenvalue weighted by Crippen LogP contribution is 2.17. The third-order valence-electron chi connectivity index (χ3n) is 2.75. The highest BCUT2D eigenvalue weighted by molar-refractivity contribution is 5.46. The Morgan fingerprint density at radius 3 is 2.53 bits per heavy atom. The number of rotatable bonds is 4. The molecule has 2 aromatic rings. The van der Waals surface area contributed by atoms with Crippen LogP contribution in [0.1, 0.15) is 5.56 Å². The predicted octanol–water partition coefficient (Wildman–Crippen LogP) is 2.90. The molecule has 0 aliphatic carbocycles. The lowest BCUT2D eigenvalue weighted by molar-refractivity contribution is 0.622. The first-order valence-electron chi connectivity index (χ1n) is 5.62. The van der Waals surface area contributed by atoms with Crippen molar-refractivity contribution in [2.45, 2.75) is 6.42 Å². The lowest BCUT2D eigenvalue weighted by Gasteiger charge is -2.19. The normalized spacial score (nSPS) is 10.2. The van der Waals surface area contributed by atoms with Crippen molar-refractivity contribution in [3.8, 4) is 0 Å². The highest BCUT2D eigenvalue weighted by Gasteiger charge is 2.05. The quantitative estimate of drug-likeness (QED) is 0.802. The Hall–Kier alpha value is -1.90. The minimum atomic E-state index is -0.176. The van der Waals surface area contributed by atoms with Crippen LogP contribution in [-0.4, -0.2) is 18.6 Å². The zero-order valence-electron chi connectivity index (χ0n) is 9.81. The molecule has 1 aromatic heterocycles. The van der Waals surface area contributed by atoms with Gasteiger partial charge in [0, 0.05) is 26.0 Å². The van der Waals surface area contributed by atoms with Crippen LogP contribution >= 0.6 is 0 Å². The molecule has 0 bridgehead atoms. The van der Waals surface area contributed by atoms with Crippen LogP contribution in [0.3, 0.4) is 0 Å². The van der Waals surface area contributed by atoms with Gasteiger partial charge in [-0.3, -0.25) is 4.98 Å². The summed E-state index contributed by atoms with van der Waals surface area (Å²) >= 11 is 0. The van der Waals surface area contributed by atoms with E-state index < -0.39 is 0 Å². The van der Waals surface area contributed by atoms with Crippen molar-refractivity contribution in [2.24, 2.45) is 0 Å². The summed E-state index contributed by atoms with van der Waals surface area (Å²) in [6.07, 6.45) is 4.43. The van der Waals surface area contributed by atoms with Gasteiger partial charge in [-0.25, -0.2) is 4.39 Å². The van der Waals surface area contributed by atoms with Gasteiger partial charge in [0.15, 0.2) is 0 Å². The van der Waals surface area contributed by atoms with Crippen LogP contribution in [0.5, 0.6) is 0 Å². The van der Waals surface area contributed by atoms with Crippen molar-refractivity contribution in [1.82, 2.24) is 4.98 Å². The molecule has 17 heavy (non-hydrogen) atoms. The number of hydrogen-bond acceptors (Lipinski definition) is 2. The molecule has 0 amide bonds. The maximum absolute atomic E-state index is 13.5. The molecular formula is C14H15FN2. The number of para-hydroxylation sites is 1. The Morgan fingerprint density at radius 2 is 1.82 bits per heavy atom. The summed E-state index contributed by atoms with van der Waals surface area (Å²) in [7, 11) is 1.90. The van der Waals surface area contributed by atoms with Crippen LogP contribution in [0, 0.1) is 5.82 Å². The number of likely N-dealkylation sites (N-methyl/N-ethyl adjacent to an activating group) is 1. The standard InChI is InChI=1S/C14H15FN2/c1-17(14-5-3-2-4-13(14)15)11-8-12-6-9-16-10-7-12/h2-7,9-10H,8,11H2,1H3. The molecule has 0 spiro atoms. The lowest BCUT2D eigenvalue weighted by Crippen LogP contribution is -2.21. The van der Waals surface area contributed by atoms with E-state index in [1.165, 1.54) is 11.6 Å². The minimum Gasteiger partial charge on any atom is -0.372 e. The van der Waals surface area contributed by atoms with E-state index in [0.29, 0.717) is 5.69 Å². The van der Waals surface area contributed by atoms with Gasteiger partial charge in [-0.2, -0.15) is 0 Å². The first-order chi connectivity index (χ1) is 8.27. The fraction of sp³-hybridized carbons (Fsp3) is 0.214. The first kappa shape index (κ1) is 11.6. The topological polar surface area (TPSA) is 16.1 Å². The summed E-state index contributed by atoms with van der Waals surface area (Å²) in [5, 5.41) is 0. The van der Waals surface area contributed by atoms with Crippen LogP contribution in [0.2, 0.25) is 0 Å². The summed E-state index contributed by atoms with van der Waals surface area (Å²) in [5.41, 5.74) is 1.85. The summed E-state index contributed by atoms with van der Waals surface area (Å²) < 4.78 is 13.5. The van der Waals surface area contributed by atoms with Gasteiger partial charge in [0.1, 0.15) is 5.82 Å². The lowest BCUT2D eigenvalue weighted by atomic mass is 10.2. The second kappa shape index (κ2) is 5.43. The van der Waals surface area contributed by atoms with E-state index >= 15 is 0 Å². The molecular weight excluding hydrogens is 215 g/mol. The van der Waals surface area contributed by atoms with Crippen LogP contribution < -0.4 is 4.90 Å². The smallest absolute Gasteiger partial charge is 0.146 e. The van der Waals surface area contributed by atoms with Gasteiger partial charge in [0.2, 0.25) is 0 Å². The van der Waals surface area contributed by atoms with Gasteiger partial charge >= 0.3 is 0 Å². The zero-order chi connectivity index (χ0) is 12.1. The average Bonchev–Trinajstić information content (AvgIpc) is 2.38. The predicted molar refractivity (Wildman–Crippen MR) is 67.6 cm³/mol. The molecule has 0 radical (unpaired) electrons. The maximum Gasteiger partial charge on any atom is 0.146 e. The third kappa shape index (κ3) is 3.03. The zero-order valence-corrected chi connectivity index (χ0v) is 9.81. The number of pyridine rings is 1. The molecule has 0 aliphatic rings. The Balaban J connectivity index is 1.99. The summed E-state index contributed by atoms with van der Waals surface area (Å²) in [6, 6.07) is 10.8. The van der Waals surface area contributed by atoms with Crippen molar-refractivity contribution in [3.63, 3.8) is 0 Å². The van der Waals surface area contributed by atoms with Gasteiger partial charge in [-0.05, 0) is 36.2 Å². The molecule has 0 aliphatic heterocycles. The van der Waals surface area contributed by atoms with E-state index in [4.69, 9.17) is 0 Å². The summed E-state index contributed by atoms with van der Waals surface area (Å²) in [4.78, 5) is 5.90. The molecule has 88 valence electrons. The molecule has 0 atom stereocenters. The highest BCUT2D eigenvalue weighted by atomic mass is 19.1. The number of anilines is 1. The number of halogens is 1.